The number of anilines is 1. The van der Waals surface area contributed by atoms with E-state index in [1.165, 1.54) is 12.1 Å². The van der Waals surface area contributed by atoms with Gasteiger partial charge in [0.05, 0.1) is 6.04 Å². The Labute approximate surface area is 137 Å². The van der Waals surface area contributed by atoms with E-state index in [0.29, 0.717) is 17.6 Å². The van der Waals surface area contributed by atoms with Crippen LogP contribution in [0.5, 0.6) is 11.6 Å². The lowest BCUT2D eigenvalue weighted by Gasteiger charge is -2.12. The quantitative estimate of drug-likeness (QED) is 0.754. The normalized spacial score (nSPS) is 12.0. The maximum Gasteiger partial charge on any atom is 0.226 e. The van der Waals surface area contributed by atoms with E-state index in [2.05, 4.69) is 20.3 Å². The third-order valence-electron chi connectivity index (χ3n) is 3.02. The molecule has 7 heteroatoms. The van der Waals surface area contributed by atoms with Crippen molar-refractivity contribution < 1.29 is 9.13 Å². The highest BCUT2D eigenvalue weighted by Crippen LogP contribution is 2.24. The van der Waals surface area contributed by atoms with Gasteiger partial charge in [0.2, 0.25) is 11.8 Å². The molecule has 0 saturated heterocycles. The molecule has 0 amide bonds. The molecule has 2 aromatic heterocycles. The minimum Gasteiger partial charge on any atom is -0.439 e. The highest BCUT2D eigenvalue weighted by Gasteiger charge is 2.11. The Kier molecular flexibility index (Phi) is 4.47. The minimum absolute atomic E-state index is 0.00484. The van der Waals surface area contributed by atoms with Gasteiger partial charge in [0.15, 0.2) is 0 Å². The Morgan fingerprint density at radius 1 is 1.17 bits per heavy atom. The molecule has 0 spiro atoms. The van der Waals surface area contributed by atoms with E-state index >= 15 is 0 Å². The van der Waals surface area contributed by atoms with Gasteiger partial charge in [0, 0.05) is 23.3 Å². The third-order valence-corrected chi connectivity index (χ3v) is 4.12. The number of rotatable bonds is 5. The number of benzene rings is 1. The summed E-state index contributed by atoms with van der Waals surface area (Å²) in [4.78, 5) is 14.0. The lowest BCUT2D eigenvalue weighted by atomic mass is 10.3. The molecule has 1 atom stereocenters. The molecule has 0 aliphatic rings. The first-order chi connectivity index (χ1) is 11.1. The fraction of sp³-hybridized carbons (Fsp3) is 0.188. The van der Waals surface area contributed by atoms with Crippen LogP contribution in [0.15, 0.2) is 42.7 Å². The zero-order chi connectivity index (χ0) is 16.2. The van der Waals surface area contributed by atoms with E-state index < -0.39 is 0 Å². The number of hydrogen-bond donors (Lipinski definition) is 1. The summed E-state index contributed by atoms with van der Waals surface area (Å²) in [6, 6.07) is 7.41. The molecule has 5 nitrogen and oxygen atoms in total. The van der Waals surface area contributed by atoms with Crippen LogP contribution in [0.3, 0.4) is 0 Å². The van der Waals surface area contributed by atoms with Crippen molar-refractivity contribution >= 4 is 17.3 Å². The predicted molar refractivity (Wildman–Crippen MR) is 87.4 cm³/mol. The second-order valence-electron chi connectivity index (χ2n) is 4.95. The predicted octanol–water partition coefficient (Wildman–Crippen LogP) is 4.35. The Bertz CT molecular complexity index is 791. The van der Waals surface area contributed by atoms with E-state index in [9.17, 15) is 4.39 Å². The Morgan fingerprint density at radius 3 is 2.65 bits per heavy atom. The number of nitrogens with zero attached hydrogens (tertiary/aromatic N) is 3. The summed E-state index contributed by atoms with van der Waals surface area (Å²) in [6.45, 7) is 4.01. The van der Waals surface area contributed by atoms with Crippen LogP contribution in [0.4, 0.5) is 10.3 Å². The van der Waals surface area contributed by atoms with Gasteiger partial charge in [-0.1, -0.05) is 0 Å². The van der Waals surface area contributed by atoms with Crippen molar-refractivity contribution in [1.29, 1.82) is 0 Å². The summed E-state index contributed by atoms with van der Waals surface area (Å²) in [5.74, 6) is 1.04. The minimum atomic E-state index is -0.310. The SMILES string of the molecule is Cc1cnc(C(C)Nc2nccc(Oc3ccc(F)cc3)n2)s1. The molecule has 0 fully saturated rings. The highest BCUT2D eigenvalue weighted by atomic mass is 32.1. The molecule has 1 aromatic carbocycles. The van der Waals surface area contributed by atoms with Crippen LogP contribution in [0.1, 0.15) is 22.9 Å². The van der Waals surface area contributed by atoms with E-state index in [1.807, 2.05) is 20.0 Å². The fourth-order valence-corrected chi connectivity index (χ4v) is 2.70. The van der Waals surface area contributed by atoms with Crippen LogP contribution in [0, 0.1) is 12.7 Å². The molecular weight excluding hydrogens is 315 g/mol. The van der Waals surface area contributed by atoms with Gasteiger partial charge >= 0.3 is 0 Å². The molecule has 1 N–H and O–H groups in total. The van der Waals surface area contributed by atoms with Gasteiger partial charge in [-0.15, -0.1) is 11.3 Å². The molecule has 2 heterocycles. The van der Waals surface area contributed by atoms with Crippen LogP contribution < -0.4 is 10.1 Å². The molecule has 0 radical (unpaired) electrons. The average Bonchev–Trinajstić information content (AvgIpc) is 2.97. The molecule has 3 aromatic rings. The average molecular weight is 330 g/mol. The van der Waals surface area contributed by atoms with Crippen LogP contribution in [0.2, 0.25) is 0 Å². The number of halogens is 1. The topological polar surface area (TPSA) is 59.9 Å². The van der Waals surface area contributed by atoms with Crippen molar-refractivity contribution in [2.24, 2.45) is 0 Å². The van der Waals surface area contributed by atoms with Gasteiger partial charge in [0.25, 0.3) is 0 Å². The Balaban J connectivity index is 1.70. The largest absolute Gasteiger partial charge is 0.439 e. The molecular formula is C16H15FN4OS. The van der Waals surface area contributed by atoms with E-state index in [-0.39, 0.29) is 11.9 Å². The van der Waals surface area contributed by atoms with Crippen molar-refractivity contribution in [3.63, 3.8) is 0 Å². The zero-order valence-electron chi connectivity index (χ0n) is 12.7. The summed E-state index contributed by atoms with van der Waals surface area (Å²) in [7, 11) is 0. The summed E-state index contributed by atoms with van der Waals surface area (Å²) in [5.41, 5.74) is 0. The number of ether oxygens (including phenoxy) is 1. The molecule has 0 aliphatic carbocycles. The summed E-state index contributed by atoms with van der Waals surface area (Å²) >= 11 is 1.63. The maximum atomic E-state index is 12.9. The van der Waals surface area contributed by atoms with Gasteiger partial charge < -0.3 is 10.1 Å². The van der Waals surface area contributed by atoms with Crippen LogP contribution in [0.25, 0.3) is 0 Å². The van der Waals surface area contributed by atoms with Gasteiger partial charge in [-0.3, -0.25) is 0 Å². The molecule has 0 bridgehead atoms. The van der Waals surface area contributed by atoms with Gasteiger partial charge in [0.1, 0.15) is 16.6 Å². The second-order valence-corrected chi connectivity index (χ2v) is 6.22. The standard InChI is InChI=1S/C16H15FN4OS/c1-10-9-19-15(23-10)11(2)20-16-18-8-7-14(21-16)22-13-5-3-12(17)4-6-13/h3-9,11H,1-2H3,(H,18,20,21). The van der Waals surface area contributed by atoms with E-state index in [4.69, 9.17) is 4.74 Å². The lowest BCUT2D eigenvalue weighted by molar-refractivity contribution is 0.460. The molecule has 23 heavy (non-hydrogen) atoms. The molecule has 0 saturated carbocycles. The number of thiazole rings is 1. The smallest absolute Gasteiger partial charge is 0.226 e. The summed E-state index contributed by atoms with van der Waals surface area (Å²) in [5, 5.41) is 4.16. The second kappa shape index (κ2) is 6.70. The summed E-state index contributed by atoms with van der Waals surface area (Å²) < 4.78 is 18.5. The molecule has 3 rings (SSSR count). The van der Waals surface area contributed by atoms with Crippen LogP contribution in [-0.4, -0.2) is 15.0 Å². The van der Waals surface area contributed by atoms with Crippen molar-refractivity contribution in [1.82, 2.24) is 15.0 Å². The van der Waals surface area contributed by atoms with Gasteiger partial charge in [-0.05, 0) is 38.1 Å². The van der Waals surface area contributed by atoms with Crippen molar-refractivity contribution in [2.75, 3.05) is 5.32 Å². The van der Waals surface area contributed by atoms with Gasteiger partial charge in [-0.25, -0.2) is 14.4 Å². The van der Waals surface area contributed by atoms with Crippen molar-refractivity contribution in [3.05, 3.63) is 58.4 Å². The Hall–Kier alpha value is -2.54. The number of hydrogen-bond acceptors (Lipinski definition) is 6. The van der Waals surface area contributed by atoms with Crippen molar-refractivity contribution in [3.8, 4) is 11.6 Å². The Morgan fingerprint density at radius 2 is 1.96 bits per heavy atom. The van der Waals surface area contributed by atoms with Crippen LogP contribution >= 0.6 is 11.3 Å². The summed E-state index contributed by atoms with van der Waals surface area (Å²) in [6.07, 6.45) is 3.45. The molecule has 1 unspecified atom stereocenters. The third kappa shape index (κ3) is 4.01. The first-order valence-corrected chi connectivity index (χ1v) is 7.87. The maximum absolute atomic E-state index is 12.9. The number of aromatic nitrogens is 3. The monoisotopic (exact) mass is 330 g/mol. The number of nitrogens with one attached hydrogen (secondary N) is 1. The van der Waals surface area contributed by atoms with E-state index in [1.54, 1.807) is 35.7 Å². The molecule has 118 valence electrons. The number of aryl methyl sites for hydroxylation is 1. The first kappa shape index (κ1) is 15.4. The fourth-order valence-electron chi connectivity index (χ4n) is 1.92. The van der Waals surface area contributed by atoms with Crippen molar-refractivity contribution in [2.45, 2.75) is 19.9 Å². The highest BCUT2D eigenvalue weighted by molar-refractivity contribution is 7.11. The first-order valence-electron chi connectivity index (χ1n) is 7.05. The zero-order valence-corrected chi connectivity index (χ0v) is 13.5. The van der Waals surface area contributed by atoms with Gasteiger partial charge in [-0.2, -0.15) is 4.98 Å². The molecule has 0 aliphatic heterocycles. The van der Waals surface area contributed by atoms with E-state index in [0.717, 1.165) is 9.88 Å². The lowest BCUT2D eigenvalue weighted by Crippen LogP contribution is -2.09. The van der Waals surface area contributed by atoms with Crippen LogP contribution in [-0.2, 0) is 0 Å².